The minimum atomic E-state index is -0.142. The Bertz CT molecular complexity index is 1400. The summed E-state index contributed by atoms with van der Waals surface area (Å²) in [6, 6.07) is 23.4. The minimum absolute atomic E-state index is 0.142. The van der Waals surface area contributed by atoms with Gasteiger partial charge in [-0.2, -0.15) is 5.10 Å². The maximum Gasteiger partial charge on any atom is 0.255 e. The van der Waals surface area contributed by atoms with Gasteiger partial charge in [0.25, 0.3) is 5.91 Å². The highest BCUT2D eigenvalue weighted by atomic mass is 16.1. The molecular weight excluding hydrogens is 436 g/mol. The molecule has 4 aromatic rings. The van der Waals surface area contributed by atoms with Crippen LogP contribution >= 0.6 is 0 Å². The lowest BCUT2D eigenvalue weighted by Crippen LogP contribution is -2.19. The summed E-state index contributed by atoms with van der Waals surface area (Å²) in [5, 5.41) is 10.5. The van der Waals surface area contributed by atoms with E-state index >= 15 is 0 Å². The number of hydrogen-bond donors (Lipinski definition) is 2. The number of H-pyrrole nitrogens is 1. The normalized spacial score (nSPS) is 15.1. The Balaban J connectivity index is 1.24. The fourth-order valence-electron chi connectivity index (χ4n) is 4.75. The third-order valence-electron chi connectivity index (χ3n) is 6.56. The van der Waals surface area contributed by atoms with Crippen molar-refractivity contribution >= 4 is 17.3 Å². The first-order valence-corrected chi connectivity index (χ1v) is 12.0. The van der Waals surface area contributed by atoms with Crippen molar-refractivity contribution in [2.24, 2.45) is 4.99 Å². The van der Waals surface area contributed by atoms with Crippen LogP contribution in [0.25, 0.3) is 11.4 Å². The monoisotopic (exact) mass is 462 g/mol. The molecule has 3 aromatic carbocycles. The van der Waals surface area contributed by atoms with Crippen molar-refractivity contribution in [3.8, 4) is 11.4 Å². The number of benzene rings is 3. The number of nitrogens with one attached hydrogen (secondary N) is 2. The number of carbonyl (C=O) groups is 1. The molecule has 2 aliphatic heterocycles. The van der Waals surface area contributed by atoms with Crippen molar-refractivity contribution < 1.29 is 4.79 Å². The Hall–Kier alpha value is -4.10. The van der Waals surface area contributed by atoms with Crippen LogP contribution in [-0.4, -0.2) is 44.8 Å². The van der Waals surface area contributed by atoms with Gasteiger partial charge < -0.3 is 5.32 Å². The molecule has 2 aliphatic rings. The topological polar surface area (TPSA) is 86.3 Å². The van der Waals surface area contributed by atoms with Crippen LogP contribution in [0, 0.1) is 0 Å². The molecule has 0 spiro atoms. The van der Waals surface area contributed by atoms with Gasteiger partial charge in [0.1, 0.15) is 5.82 Å². The van der Waals surface area contributed by atoms with E-state index in [0.717, 1.165) is 59.1 Å². The number of aliphatic imine (C=N–C) groups is 1. The average Bonchev–Trinajstić information content (AvgIpc) is 3.66. The summed E-state index contributed by atoms with van der Waals surface area (Å²) in [5.41, 5.74) is 6.37. The Morgan fingerprint density at radius 1 is 0.943 bits per heavy atom. The van der Waals surface area contributed by atoms with E-state index in [9.17, 15) is 4.79 Å². The predicted octanol–water partition coefficient (Wildman–Crippen LogP) is 4.67. The van der Waals surface area contributed by atoms with E-state index in [4.69, 9.17) is 9.98 Å². The highest BCUT2D eigenvalue weighted by molar-refractivity contribution is 6.16. The number of likely N-dealkylation sites (tertiary alicyclic amines) is 1. The quantitative estimate of drug-likeness (QED) is 0.436. The number of aromatic nitrogens is 3. The zero-order valence-corrected chi connectivity index (χ0v) is 19.4. The number of anilines is 1. The van der Waals surface area contributed by atoms with Crippen LogP contribution in [0.5, 0.6) is 0 Å². The van der Waals surface area contributed by atoms with Gasteiger partial charge in [0.2, 0.25) is 0 Å². The molecular formula is C28H26N6O. The van der Waals surface area contributed by atoms with E-state index in [-0.39, 0.29) is 5.91 Å². The number of carbonyl (C=O) groups excluding carboxylic acids is 1. The van der Waals surface area contributed by atoms with Gasteiger partial charge in [-0.15, -0.1) is 0 Å². The van der Waals surface area contributed by atoms with Gasteiger partial charge in [0, 0.05) is 27.9 Å². The molecule has 7 nitrogen and oxygen atoms in total. The summed E-state index contributed by atoms with van der Waals surface area (Å²) in [7, 11) is 0. The molecule has 0 atom stereocenters. The van der Waals surface area contributed by atoms with Gasteiger partial charge in [-0.1, -0.05) is 42.5 Å². The lowest BCUT2D eigenvalue weighted by atomic mass is 9.96. The smallest absolute Gasteiger partial charge is 0.255 e. The molecule has 174 valence electrons. The second kappa shape index (κ2) is 9.27. The van der Waals surface area contributed by atoms with Crippen molar-refractivity contribution in [2.75, 3.05) is 18.4 Å². The number of rotatable bonds is 6. The van der Waals surface area contributed by atoms with E-state index in [0.29, 0.717) is 17.9 Å². The van der Waals surface area contributed by atoms with Crippen molar-refractivity contribution in [1.29, 1.82) is 0 Å². The first-order chi connectivity index (χ1) is 17.2. The number of amides is 1. The first-order valence-electron chi connectivity index (χ1n) is 12.0. The molecule has 3 heterocycles. The van der Waals surface area contributed by atoms with Crippen molar-refractivity contribution in [1.82, 2.24) is 20.1 Å². The summed E-state index contributed by atoms with van der Waals surface area (Å²) < 4.78 is 0. The largest absolute Gasteiger partial charge is 0.322 e. The van der Waals surface area contributed by atoms with E-state index < -0.39 is 0 Å². The van der Waals surface area contributed by atoms with Crippen LogP contribution < -0.4 is 5.32 Å². The van der Waals surface area contributed by atoms with Crippen LogP contribution in [-0.2, 0) is 13.1 Å². The molecule has 1 saturated heterocycles. The zero-order chi connectivity index (χ0) is 23.6. The third-order valence-corrected chi connectivity index (χ3v) is 6.56. The zero-order valence-electron chi connectivity index (χ0n) is 19.4. The number of nitrogens with zero attached hydrogens (tertiary/aromatic N) is 4. The predicted molar refractivity (Wildman–Crippen MR) is 137 cm³/mol. The van der Waals surface area contributed by atoms with Crippen molar-refractivity contribution in [3.63, 3.8) is 0 Å². The van der Waals surface area contributed by atoms with Gasteiger partial charge in [0.05, 0.1) is 18.8 Å². The lowest BCUT2D eigenvalue weighted by Gasteiger charge is -2.11. The number of para-hydroxylation sites is 1. The van der Waals surface area contributed by atoms with Crippen LogP contribution in [0.15, 0.2) is 77.8 Å². The van der Waals surface area contributed by atoms with Crippen LogP contribution in [0.2, 0.25) is 0 Å². The Morgan fingerprint density at radius 3 is 2.66 bits per heavy atom. The Labute approximate surface area is 203 Å². The SMILES string of the molecule is O=C(Nc1ccccc1)c1cccc(C2=NCc3ccc(-c4n[nH]c(CN5CCCC5)n4)cc32)c1. The maximum atomic E-state index is 12.8. The van der Waals surface area contributed by atoms with Crippen LogP contribution in [0.4, 0.5) is 5.69 Å². The van der Waals surface area contributed by atoms with E-state index in [2.05, 4.69) is 38.6 Å². The second-order valence-electron chi connectivity index (χ2n) is 9.03. The average molecular weight is 463 g/mol. The number of aromatic amines is 1. The molecule has 2 N–H and O–H groups in total. The van der Waals surface area contributed by atoms with Gasteiger partial charge in [-0.25, -0.2) is 4.98 Å². The molecule has 0 bridgehead atoms. The summed E-state index contributed by atoms with van der Waals surface area (Å²) in [6.07, 6.45) is 2.51. The van der Waals surface area contributed by atoms with Gasteiger partial charge in [-0.05, 0) is 61.8 Å². The third kappa shape index (κ3) is 4.50. The molecule has 6 rings (SSSR count). The summed E-state index contributed by atoms with van der Waals surface area (Å²) >= 11 is 0. The minimum Gasteiger partial charge on any atom is -0.322 e. The first kappa shape index (κ1) is 21.4. The summed E-state index contributed by atoms with van der Waals surface area (Å²) in [6.45, 7) is 3.68. The van der Waals surface area contributed by atoms with Gasteiger partial charge in [-0.3, -0.25) is 19.8 Å². The fourth-order valence-corrected chi connectivity index (χ4v) is 4.75. The molecule has 1 aromatic heterocycles. The Kier molecular flexibility index (Phi) is 5.68. The highest BCUT2D eigenvalue weighted by Crippen LogP contribution is 2.28. The van der Waals surface area contributed by atoms with Gasteiger partial charge in [0.15, 0.2) is 5.82 Å². The molecule has 7 heteroatoms. The standard InChI is InChI=1S/C28H26N6O/c35-28(30-23-9-2-1-3-10-23)21-8-6-7-19(15-21)26-24-16-20(11-12-22(24)17-29-26)27-31-25(32-33-27)18-34-13-4-5-14-34/h1-3,6-12,15-16H,4-5,13-14,17-18H2,(H,30,35)(H,31,32,33). The molecule has 0 radical (unpaired) electrons. The Morgan fingerprint density at radius 2 is 1.80 bits per heavy atom. The molecule has 0 aliphatic carbocycles. The molecule has 1 fully saturated rings. The maximum absolute atomic E-state index is 12.8. The molecule has 0 unspecified atom stereocenters. The lowest BCUT2D eigenvalue weighted by molar-refractivity contribution is 0.102. The highest BCUT2D eigenvalue weighted by Gasteiger charge is 2.21. The molecule has 0 saturated carbocycles. The summed E-state index contributed by atoms with van der Waals surface area (Å²) in [4.78, 5) is 24.8. The molecule has 35 heavy (non-hydrogen) atoms. The fraction of sp³-hybridized carbons (Fsp3) is 0.214. The number of fused-ring (bicyclic) bond motifs is 1. The summed E-state index contributed by atoms with van der Waals surface area (Å²) in [5.74, 6) is 1.45. The second-order valence-corrected chi connectivity index (χ2v) is 9.03. The van der Waals surface area contributed by atoms with Gasteiger partial charge >= 0.3 is 0 Å². The van der Waals surface area contributed by atoms with E-state index in [1.165, 1.54) is 12.8 Å². The van der Waals surface area contributed by atoms with E-state index in [1.807, 2.05) is 54.6 Å². The van der Waals surface area contributed by atoms with E-state index in [1.54, 1.807) is 0 Å². The van der Waals surface area contributed by atoms with Crippen LogP contribution in [0.3, 0.4) is 0 Å². The van der Waals surface area contributed by atoms with Crippen molar-refractivity contribution in [2.45, 2.75) is 25.9 Å². The number of hydrogen-bond acceptors (Lipinski definition) is 5. The van der Waals surface area contributed by atoms with Crippen molar-refractivity contribution in [3.05, 3.63) is 101 Å². The van der Waals surface area contributed by atoms with Crippen LogP contribution in [0.1, 0.15) is 45.7 Å². The molecule has 1 amide bonds.